The van der Waals surface area contributed by atoms with Crippen molar-refractivity contribution in [2.75, 3.05) is 0 Å². The zero-order valence-electron chi connectivity index (χ0n) is 12.4. The highest BCUT2D eigenvalue weighted by Crippen LogP contribution is 2.22. The van der Waals surface area contributed by atoms with Crippen LogP contribution in [0.1, 0.15) is 46.6 Å². The Balaban J connectivity index is 2.15. The number of rotatable bonds is 7. The molecule has 1 unspecified atom stereocenters. The average Bonchev–Trinajstić information content (AvgIpc) is 3.00. The number of carboxylic acids is 1. The quantitative estimate of drug-likeness (QED) is 0.819. The highest BCUT2D eigenvalue weighted by molar-refractivity contribution is 7.12. The molecule has 0 aliphatic rings. The summed E-state index contributed by atoms with van der Waals surface area (Å²) < 4.78 is 0. The van der Waals surface area contributed by atoms with Crippen molar-refractivity contribution < 1.29 is 14.7 Å². The second-order valence-corrected chi connectivity index (χ2v) is 5.91. The van der Waals surface area contributed by atoms with Gasteiger partial charge in [0.15, 0.2) is 0 Å². The maximum absolute atomic E-state index is 12.5. The lowest BCUT2D eigenvalue weighted by atomic mass is 10.0. The minimum atomic E-state index is -0.861. The molecule has 0 saturated heterocycles. The fraction of sp³-hybridized carbons (Fsp3) is 0.294. The van der Waals surface area contributed by atoms with Gasteiger partial charge in [-0.05, 0) is 35.4 Å². The van der Waals surface area contributed by atoms with Crippen molar-refractivity contribution in [3.05, 3.63) is 57.8 Å². The van der Waals surface area contributed by atoms with Crippen LogP contribution in [0.15, 0.2) is 41.8 Å². The molecule has 0 aliphatic heterocycles. The Bertz CT molecular complexity index is 636. The number of carbonyl (C=O) groups excluding carboxylic acids is 1. The smallest absolute Gasteiger partial charge is 0.303 e. The molecule has 0 aliphatic carbocycles. The van der Waals surface area contributed by atoms with Gasteiger partial charge in [0.05, 0.1) is 10.9 Å². The lowest BCUT2D eigenvalue weighted by Gasteiger charge is -2.18. The van der Waals surface area contributed by atoms with Gasteiger partial charge in [-0.25, -0.2) is 0 Å². The van der Waals surface area contributed by atoms with Crippen molar-refractivity contribution in [2.24, 2.45) is 0 Å². The number of aryl methyl sites for hydroxylation is 1. The predicted molar refractivity (Wildman–Crippen MR) is 87.2 cm³/mol. The third-order valence-corrected chi connectivity index (χ3v) is 4.44. The highest BCUT2D eigenvalue weighted by Gasteiger charge is 2.19. The summed E-state index contributed by atoms with van der Waals surface area (Å²) in [5.41, 5.74) is 1.94. The van der Waals surface area contributed by atoms with E-state index in [-0.39, 0.29) is 18.4 Å². The number of thiophene rings is 1. The van der Waals surface area contributed by atoms with Gasteiger partial charge in [0.1, 0.15) is 0 Å². The standard InChI is InChI=1S/C17H19NO3S/c1-2-12-10-11-22-16(12)17(21)18-14(8-9-15(19)20)13-6-4-3-5-7-13/h3-7,10-11,14H,2,8-9H2,1H3,(H,18,21)(H,19,20). The van der Waals surface area contributed by atoms with Crippen molar-refractivity contribution in [3.63, 3.8) is 0 Å². The van der Waals surface area contributed by atoms with Crippen LogP contribution in [-0.4, -0.2) is 17.0 Å². The van der Waals surface area contributed by atoms with Crippen LogP contribution in [0.2, 0.25) is 0 Å². The molecule has 0 fully saturated rings. The number of hydrogen-bond acceptors (Lipinski definition) is 3. The molecule has 0 spiro atoms. The first-order chi connectivity index (χ1) is 10.6. The van der Waals surface area contributed by atoms with Crippen LogP contribution in [0.3, 0.4) is 0 Å². The Morgan fingerprint density at radius 2 is 1.95 bits per heavy atom. The Hall–Kier alpha value is -2.14. The third-order valence-electron chi connectivity index (χ3n) is 3.49. The zero-order chi connectivity index (χ0) is 15.9. The Kier molecular flexibility index (Phi) is 5.72. The molecule has 2 rings (SSSR count). The minimum Gasteiger partial charge on any atom is -0.481 e. The predicted octanol–water partition coefficient (Wildman–Crippen LogP) is 3.65. The molecule has 1 amide bonds. The molecule has 22 heavy (non-hydrogen) atoms. The van der Waals surface area contributed by atoms with Gasteiger partial charge < -0.3 is 10.4 Å². The molecule has 4 nitrogen and oxygen atoms in total. The Morgan fingerprint density at radius 3 is 2.59 bits per heavy atom. The molecule has 0 radical (unpaired) electrons. The highest BCUT2D eigenvalue weighted by atomic mass is 32.1. The second kappa shape index (κ2) is 7.75. The van der Waals surface area contributed by atoms with Crippen molar-refractivity contribution in [3.8, 4) is 0 Å². The maximum Gasteiger partial charge on any atom is 0.303 e. The third kappa shape index (κ3) is 4.18. The summed E-state index contributed by atoms with van der Waals surface area (Å²) >= 11 is 1.42. The summed E-state index contributed by atoms with van der Waals surface area (Å²) in [6, 6.07) is 11.1. The van der Waals surface area contributed by atoms with Crippen LogP contribution in [0.4, 0.5) is 0 Å². The Labute approximate surface area is 133 Å². The van der Waals surface area contributed by atoms with E-state index in [1.165, 1.54) is 11.3 Å². The molecule has 2 aromatic rings. The van der Waals surface area contributed by atoms with E-state index >= 15 is 0 Å². The molecule has 1 aromatic heterocycles. The Morgan fingerprint density at radius 1 is 1.23 bits per heavy atom. The van der Waals surface area contributed by atoms with Gasteiger partial charge in [-0.15, -0.1) is 11.3 Å². The van der Waals surface area contributed by atoms with Gasteiger partial charge in [0.2, 0.25) is 0 Å². The van der Waals surface area contributed by atoms with E-state index < -0.39 is 5.97 Å². The average molecular weight is 317 g/mol. The summed E-state index contributed by atoms with van der Waals surface area (Å²) in [7, 11) is 0. The van der Waals surface area contributed by atoms with Gasteiger partial charge in [-0.3, -0.25) is 9.59 Å². The van der Waals surface area contributed by atoms with Gasteiger partial charge in [0.25, 0.3) is 5.91 Å². The number of carboxylic acid groups (broad SMARTS) is 1. The van der Waals surface area contributed by atoms with Crippen LogP contribution in [0.5, 0.6) is 0 Å². The lowest BCUT2D eigenvalue weighted by Crippen LogP contribution is -2.29. The largest absolute Gasteiger partial charge is 0.481 e. The summed E-state index contributed by atoms with van der Waals surface area (Å²) in [5.74, 6) is -0.994. The monoisotopic (exact) mass is 317 g/mol. The molecule has 0 saturated carbocycles. The van der Waals surface area contributed by atoms with Crippen LogP contribution < -0.4 is 5.32 Å². The van der Waals surface area contributed by atoms with Crippen molar-refractivity contribution in [1.29, 1.82) is 0 Å². The van der Waals surface area contributed by atoms with E-state index in [0.29, 0.717) is 11.3 Å². The molecule has 5 heteroatoms. The van der Waals surface area contributed by atoms with Crippen LogP contribution in [0, 0.1) is 0 Å². The summed E-state index contributed by atoms with van der Waals surface area (Å²) in [4.78, 5) is 24.0. The summed E-state index contributed by atoms with van der Waals surface area (Å²) in [5, 5.41) is 13.8. The first kappa shape index (κ1) is 16.2. The molecule has 0 bridgehead atoms. The first-order valence-corrected chi connectivity index (χ1v) is 8.13. The molecule has 1 aromatic carbocycles. The number of amides is 1. The molecule has 116 valence electrons. The first-order valence-electron chi connectivity index (χ1n) is 7.25. The minimum absolute atomic E-state index is 0.0188. The topological polar surface area (TPSA) is 66.4 Å². The van der Waals surface area contributed by atoms with Crippen LogP contribution >= 0.6 is 11.3 Å². The normalized spacial score (nSPS) is 11.9. The van der Waals surface area contributed by atoms with Crippen molar-refractivity contribution >= 4 is 23.2 Å². The number of carbonyl (C=O) groups is 2. The lowest BCUT2D eigenvalue weighted by molar-refractivity contribution is -0.137. The molecular formula is C17H19NO3S. The summed E-state index contributed by atoms with van der Waals surface area (Å²) in [6.07, 6.45) is 1.19. The number of nitrogens with one attached hydrogen (secondary N) is 1. The summed E-state index contributed by atoms with van der Waals surface area (Å²) in [6.45, 7) is 2.01. The SMILES string of the molecule is CCc1ccsc1C(=O)NC(CCC(=O)O)c1ccccc1. The fourth-order valence-corrected chi connectivity index (χ4v) is 3.21. The number of benzene rings is 1. The van der Waals surface area contributed by atoms with E-state index in [2.05, 4.69) is 5.32 Å². The van der Waals surface area contributed by atoms with E-state index in [1.54, 1.807) is 0 Å². The molecule has 1 heterocycles. The molecular weight excluding hydrogens is 298 g/mol. The van der Waals surface area contributed by atoms with Crippen molar-refractivity contribution in [2.45, 2.75) is 32.2 Å². The van der Waals surface area contributed by atoms with E-state index in [0.717, 1.165) is 17.5 Å². The van der Waals surface area contributed by atoms with Crippen LogP contribution in [-0.2, 0) is 11.2 Å². The van der Waals surface area contributed by atoms with Gasteiger partial charge in [-0.1, -0.05) is 37.3 Å². The number of aliphatic carboxylic acids is 1. The van der Waals surface area contributed by atoms with Crippen LogP contribution in [0.25, 0.3) is 0 Å². The second-order valence-electron chi connectivity index (χ2n) is 5.00. The van der Waals surface area contributed by atoms with Gasteiger partial charge in [0, 0.05) is 6.42 Å². The fourth-order valence-electron chi connectivity index (χ4n) is 2.31. The van der Waals surface area contributed by atoms with Gasteiger partial charge in [-0.2, -0.15) is 0 Å². The van der Waals surface area contributed by atoms with E-state index in [9.17, 15) is 9.59 Å². The van der Waals surface area contributed by atoms with Crippen molar-refractivity contribution in [1.82, 2.24) is 5.32 Å². The van der Waals surface area contributed by atoms with E-state index in [1.807, 2.05) is 48.7 Å². The molecule has 1 atom stereocenters. The molecule has 2 N–H and O–H groups in total. The zero-order valence-corrected chi connectivity index (χ0v) is 13.2. The maximum atomic E-state index is 12.5. The number of hydrogen-bond donors (Lipinski definition) is 2. The van der Waals surface area contributed by atoms with Gasteiger partial charge >= 0.3 is 5.97 Å². The van der Waals surface area contributed by atoms with E-state index in [4.69, 9.17) is 5.11 Å².